The van der Waals surface area contributed by atoms with E-state index in [0.29, 0.717) is 31.3 Å². The molecule has 0 aromatic heterocycles. The van der Waals surface area contributed by atoms with Gasteiger partial charge in [-0.05, 0) is 37.1 Å². The van der Waals surface area contributed by atoms with Crippen LogP contribution in [0.5, 0.6) is 0 Å². The van der Waals surface area contributed by atoms with Crippen LogP contribution < -0.4 is 16.0 Å². The first-order valence-corrected chi connectivity index (χ1v) is 9.18. The van der Waals surface area contributed by atoms with Gasteiger partial charge in [-0.3, -0.25) is 5.32 Å². The number of hydrogen-bond donors (Lipinski definition) is 4. The van der Waals surface area contributed by atoms with Gasteiger partial charge in [0.05, 0.1) is 20.2 Å². The maximum absolute atomic E-state index is 11.2. The van der Waals surface area contributed by atoms with Crippen molar-refractivity contribution in [3.05, 3.63) is 65.7 Å². The van der Waals surface area contributed by atoms with Crippen molar-refractivity contribution in [1.29, 1.82) is 0 Å². The molecule has 2 rings (SSSR count). The smallest absolute Gasteiger partial charge is 0.411 e. The fraction of sp³-hybridized carbons (Fsp3) is 0.333. The summed E-state index contributed by atoms with van der Waals surface area (Å²) in [5.74, 6) is 0.621. The normalized spacial score (nSPS) is 12.9. The molecule has 0 saturated carbocycles. The molecule has 1 amide bonds. The number of carbonyl (C=O) groups is 1. The summed E-state index contributed by atoms with van der Waals surface area (Å²) in [7, 11) is 1.32. The van der Waals surface area contributed by atoms with Gasteiger partial charge < -0.3 is 20.5 Å². The molecule has 7 nitrogen and oxygen atoms in total. The Morgan fingerprint density at radius 3 is 2.34 bits per heavy atom. The average Bonchev–Trinajstić information content (AvgIpc) is 2.71. The van der Waals surface area contributed by atoms with E-state index in [-0.39, 0.29) is 24.0 Å². The number of carbonyl (C=O) groups excluding carboxylic acids is 1. The van der Waals surface area contributed by atoms with Crippen molar-refractivity contribution < 1.29 is 14.6 Å². The highest BCUT2D eigenvalue weighted by molar-refractivity contribution is 14.0. The Hall–Kier alpha value is -2.33. The second-order valence-electron chi connectivity index (χ2n) is 6.50. The maximum atomic E-state index is 11.2. The van der Waals surface area contributed by atoms with Gasteiger partial charge in [-0.15, -0.1) is 24.0 Å². The SMILES string of the molecule is CCNC(=NCc1ccc(NC(=O)OC)cc1)NCC(C)(O)c1ccccc1.I. The van der Waals surface area contributed by atoms with E-state index in [1.807, 2.05) is 49.4 Å². The molecule has 0 saturated heterocycles. The van der Waals surface area contributed by atoms with Gasteiger partial charge in [0.15, 0.2) is 5.96 Å². The molecule has 0 aliphatic rings. The number of anilines is 1. The van der Waals surface area contributed by atoms with Crippen LogP contribution in [-0.2, 0) is 16.9 Å². The predicted molar refractivity (Wildman–Crippen MR) is 127 cm³/mol. The fourth-order valence-corrected chi connectivity index (χ4v) is 2.53. The average molecular weight is 512 g/mol. The second kappa shape index (κ2) is 12.3. The van der Waals surface area contributed by atoms with E-state index >= 15 is 0 Å². The minimum atomic E-state index is -1.02. The van der Waals surface area contributed by atoms with Crippen LogP contribution in [-0.4, -0.2) is 37.4 Å². The molecule has 0 bridgehead atoms. The lowest BCUT2D eigenvalue weighted by Crippen LogP contribution is -2.44. The second-order valence-corrected chi connectivity index (χ2v) is 6.50. The van der Waals surface area contributed by atoms with E-state index in [2.05, 4.69) is 25.7 Å². The maximum Gasteiger partial charge on any atom is 0.411 e. The molecule has 4 N–H and O–H groups in total. The van der Waals surface area contributed by atoms with Crippen LogP contribution in [0.3, 0.4) is 0 Å². The molecule has 0 fully saturated rings. The van der Waals surface area contributed by atoms with E-state index in [0.717, 1.165) is 11.1 Å². The number of rotatable bonds is 7. The molecule has 1 unspecified atom stereocenters. The number of methoxy groups -OCH3 is 1. The Morgan fingerprint density at radius 2 is 1.76 bits per heavy atom. The van der Waals surface area contributed by atoms with Gasteiger partial charge in [0.25, 0.3) is 0 Å². The third-order valence-corrected chi connectivity index (χ3v) is 4.15. The molecule has 8 heteroatoms. The summed E-state index contributed by atoms with van der Waals surface area (Å²) in [4.78, 5) is 15.8. The molecule has 0 aliphatic carbocycles. The Balaban J connectivity index is 0.00000420. The quantitative estimate of drug-likeness (QED) is 0.259. The molecular formula is C21H29IN4O3. The van der Waals surface area contributed by atoms with Crippen LogP contribution in [0.1, 0.15) is 25.0 Å². The lowest BCUT2D eigenvalue weighted by Gasteiger charge is -2.25. The molecule has 0 spiro atoms. The zero-order valence-electron chi connectivity index (χ0n) is 16.9. The fourth-order valence-electron chi connectivity index (χ4n) is 2.53. The number of nitrogens with zero attached hydrogens (tertiary/aromatic N) is 1. The van der Waals surface area contributed by atoms with Crippen molar-refractivity contribution in [2.75, 3.05) is 25.5 Å². The third kappa shape index (κ3) is 8.28. The number of hydrogen-bond acceptors (Lipinski definition) is 4. The van der Waals surface area contributed by atoms with Crippen molar-refractivity contribution in [1.82, 2.24) is 10.6 Å². The summed E-state index contributed by atoms with van der Waals surface area (Å²) in [6.45, 7) is 5.25. The predicted octanol–water partition coefficient (Wildman–Crippen LogP) is 3.45. The topological polar surface area (TPSA) is 95.0 Å². The molecule has 0 aliphatic heterocycles. The molecular weight excluding hydrogens is 483 g/mol. The standard InChI is InChI=1S/C21H28N4O3.HI/c1-4-22-19(24-15-21(2,27)17-8-6-5-7-9-17)23-14-16-10-12-18(13-11-16)25-20(26)28-3;/h5-13,27H,4,14-15H2,1-3H3,(H,25,26)(H2,22,23,24);1H. The van der Waals surface area contributed by atoms with Crippen LogP contribution in [0, 0.1) is 0 Å². The number of halogens is 1. The van der Waals surface area contributed by atoms with E-state index in [9.17, 15) is 9.90 Å². The van der Waals surface area contributed by atoms with Crippen molar-refractivity contribution >= 4 is 41.7 Å². The Labute approximate surface area is 189 Å². The molecule has 0 radical (unpaired) electrons. The summed E-state index contributed by atoms with van der Waals surface area (Å²) in [5.41, 5.74) is 1.47. The molecule has 1 atom stereocenters. The van der Waals surface area contributed by atoms with E-state index in [1.165, 1.54) is 7.11 Å². The van der Waals surface area contributed by atoms with Gasteiger partial charge in [0.1, 0.15) is 5.60 Å². The first kappa shape index (κ1) is 24.7. The number of aliphatic imine (C=N–C) groups is 1. The van der Waals surface area contributed by atoms with E-state index < -0.39 is 11.7 Å². The third-order valence-electron chi connectivity index (χ3n) is 4.15. The molecule has 2 aromatic rings. The number of aliphatic hydroxyl groups is 1. The van der Waals surface area contributed by atoms with Gasteiger partial charge in [0.2, 0.25) is 0 Å². The number of nitrogens with one attached hydrogen (secondary N) is 3. The lowest BCUT2D eigenvalue weighted by atomic mass is 9.96. The summed E-state index contributed by atoms with van der Waals surface area (Å²) in [5, 5.41) is 19.7. The molecule has 2 aromatic carbocycles. The first-order chi connectivity index (χ1) is 13.4. The van der Waals surface area contributed by atoms with Crippen LogP contribution in [0.25, 0.3) is 0 Å². The van der Waals surface area contributed by atoms with Crippen molar-refractivity contribution in [2.24, 2.45) is 4.99 Å². The molecule has 29 heavy (non-hydrogen) atoms. The summed E-state index contributed by atoms with van der Waals surface area (Å²) in [6.07, 6.45) is -0.505. The van der Waals surface area contributed by atoms with Crippen molar-refractivity contribution in [2.45, 2.75) is 26.0 Å². The minimum Gasteiger partial charge on any atom is -0.453 e. The monoisotopic (exact) mass is 512 g/mol. The van der Waals surface area contributed by atoms with Gasteiger partial charge in [-0.2, -0.15) is 0 Å². The summed E-state index contributed by atoms with van der Waals surface area (Å²) in [6, 6.07) is 16.9. The highest BCUT2D eigenvalue weighted by atomic mass is 127. The lowest BCUT2D eigenvalue weighted by molar-refractivity contribution is 0.0617. The zero-order chi connectivity index (χ0) is 20.4. The van der Waals surface area contributed by atoms with Crippen LogP contribution in [0.4, 0.5) is 10.5 Å². The summed E-state index contributed by atoms with van der Waals surface area (Å²) >= 11 is 0. The van der Waals surface area contributed by atoms with E-state index in [1.54, 1.807) is 19.1 Å². The number of guanidine groups is 1. The van der Waals surface area contributed by atoms with E-state index in [4.69, 9.17) is 0 Å². The Kier molecular flexibility index (Phi) is 10.5. The van der Waals surface area contributed by atoms with Crippen molar-refractivity contribution in [3.63, 3.8) is 0 Å². The number of amides is 1. The molecule has 158 valence electrons. The van der Waals surface area contributed by atoms with Crippen LogP contribution in [0.2, 0.25) is 0 Å². The van der Waals surface area contributed by atoms with Crippen molar-refractivity contribution in [3.8, 4) is 0 Å². The first-order valence-electron chi connectivity index (χ1n) is 9.18. The summed E-state index contributed by atoms with van der Waals surface area (Å²) < 4.78 is 4.57. The van der Waals surface area contributed by atoms with Gasteiger partial charge >= 0.3 is 6.09 Å². The highest BCUT2D eigenvalue weighted by Crippen LogP contribution is 2.18. The van der Waals surface area contributed by atoms with Crippen LogP contribution in [0.15, 0.2) is 59.6 Å². The number of ether oxygens (including phenoxy) is 1. The Morgan fingerprint density at radius 1 is 1.10 bits per heavy atom. The molecule has 0 heterocycles. The van der Waals surface area contributed by atoms with Crippen LogP contribution >= 0.6 is 24.0 Å². The largest absolute Gasteiger partial charge is 0.453 e. The Bertz CT molecular complexity index is 780. The highest BCUT2D eigenvalue weighted by Gasteiger charge is 2.22. The minimum absolute atomic E-state index is 0. The van der Waals surface area contributed by atoms with Gasteiger partial charge in [0, 0.05) is 12.2 Å². The zero-order valence-corrected chi connectivity index (χ0v) is 19.3. The van der Waals surface area contributed by atoms with Gasteiger partial charge in [-0.1, -0.05) is 42.5 Å². The number of benzene rings is 2. The van der Waals surface area contributed by atoms with Gasteiger partial charge in [-0.25, -0.2) is 9.79 Å².